The van der Waals surface area contributed by atoms with E-state index in [1.54, 1.807) is 24.5 Å². The Labute approximate surface area is 132 Å². The Kier molecular flexibility index (Phi) is 5.35. The second kappa shape index (κ2) is 7.05. The number of carbonyl (C=O) groups is 1. The Bertz CT molecular complexity index is 633. The van der Waals surface area contributed by atoms with Crippen LogP contribution in [-0.4, -0.2) is 31.8 Å². The molecule has 0 aliphatic rings. The van der Waals surface area contributed by atoms with Gasteiger partial charge in [0.1, 0.15) is 0 Å². The predicted octanol–water partition coefficient (Wildman–Crippen LogP) is 3.57. The monoisotopic (exact) mass is 348 g/mol. The van der Waals surface area contributed by atoms with Gasteiger partial charge in [-0.2, -0.15) is 13.2 Å². The van der Waals surface area contributed by atoms with Crippen molar-refractivity contribution in [3.63, 3.8) is 0 Å². The number of amides is 1. The van der Waals surface area contributed by atoms with Crippen molar-refractivity contribution in [2.45, 2.75) is 24.1 Å². The van der Waals surface area contributed by atoms with Gasteiger partial charge in [-0.25, -0.2) is 0 Å². The fourth-order valence-electron chi connectivity index (χ4n) is 1.58. The summed E-state index contributed by atoms with van der Waals surface area (Å²) in [5, 5.41) is 10.1. The van der Waals surface area contributed by atoms with Crippen molar-refractivity contribution in [1.82, 2.24) is 15.2 Å². The smallest absolute Gasteiger partial charge is 0.300 e. The lowest BCUT2D eigenvalue weighted by Gasteiger charge is -2.12. The highest BCUT2D eigenvalue weighted by molar-refractivity contribution is 8.00. The minimum Gasteiger partial charge on any atom is -0.300 e. The van der Waals surface area contributed by atoms with E-state index >= 15 is 0 Å². The molecule has 1 N–H and O–H groups in total. The molecule has 2 heterocycles. The molecular formula is C12H11F3N4OS2. The Morgan fingerprint density at radius 1 is 1.45 bits per heavy atom. The van der Waals surface area contributed by atoms with Crippen molar-refractivity contribution in [3.05, 3.63) is 24.5 Å². The quantitative estimate of drug-likeness (QED) is 0.895. The number of nitrogens with one attached hydrogen (secondary N) is 1. The maximum Gasteiger partial charge on any atom is 0.442 e. The molecule has 1 unspecified atom stereocenters. The number of halogens is 3. The lowest BCUT2D eigenvalue weighted by Crippen LogP contribution is -2.18. The van der Waals surface area contributed by atoms with Gasteiger partial charge in [-0.15, -0.1) is 10.2 Å². The molecule has 2 aromatic rings. The van der Waals surface area contributed by atoms with E-state index in [9.17, 15) is 18.0 Å². The number of hydrogen-bond acceptors (Lipinski definition) is 6. The van der Waals surface area contributed by atoms with E-state index in [1.807, 2.05) is 0 Å². The molecule has 0 aliphatic heterocycles. The zero-order valence-corrected chi connectivity index (χ0v) is 12.9. The van der Waals surface area contributed by atoms with Gasteiger partial charge < -0.3 is 5.32 Å². The summed E-state index contributed by atoms with van der Waals surface area (Å²) >= 11 is 0.927. The minimum absolute atomic E-state index is 0.204. The molecule has 2 rings (SSSR count). The van der Waals surface area contributed by atoms with Gasteiger partial charge in [-0.1, -0.05) is 18.3 Å². The number of carbonyl (C=O) groups excluding carboxylic acids is 1. The van der Waals surface area contributed by atoms with E-state index in [-0.39, 0.29) is 23.3 Å². The van der Waals surface area contributed by atoms with Crippen molar-refractivity contribution in [2.24, 2.45) is 0 Å². The van der Waals surface area contributed by atoms with E-state index in [4.69, 9.17) is 0 Å². The molecule has 0 saturated carbocycles. The molecule has 0 aromatic carbocycles. The minimum atomic E-state index is -4.35. The van der Waals surface area contributed by atoms with Crippen molar-refractivity contribution in [3.8, 4) is 10.6 Å². The van der Waals surface area contributed by atoms with Crippen molar-refractivity contribution in [1.29, 1.82) is 0 Å². The number of pyridine rings is 1. The van der Waals surface area contributed by atoms with Gasteiger partial charge in [0.15, 0.2) is 5.01 Å². The molecule has 118 valence electrons. The number of hydrogen-bond donors (Lipinski definition) is 1. The molecule has 2 aromatic heterocycles. The SMILES string of the molecule is CC(CC(=O)Nc1nnc(-c2cccnc2)s1)SC(F)(F)F. The Hall–Kier alpha value is -1.68. The number of anilines is 1. The highest BCUT2D eigenvalue weighted by Crippen LogP contribution is 2.35. The van der Waals surface area contributed by atoms with Crippen LogP contribution >= 0.6 is 23.1 Å². The molecule has 22 heavy (non-hydrogen) atoms. The van der Waals surface area contributed by atoms with Gasteiger partial charge in [0.05, 0.1) is 0 Å². The molecule has 5 nitrogen and oxygen atoms in total. The van der Waals surface area contributed by atoms with Gasteiger partial charge in [0, 0.05) is 29.6 Å². The van der Waals surface area contributed by atoms with E-state index < -0.39 is 16.7 Å². The average Bonchev–Trinajstić information content (AvgIpc) is 2.85. The molecule has 0 fully saturated rings. The van der Waals surface area contributed by atoms with Crippen molar-refractivity contribution in [2.75, 3.05) is 5.32 Å². The third-order valence-electron chi connectivity index (χ3n) is 2.39. The lowest BCUT2D eigenvalue weighted by atomic mass is 10.3. The van der Waals surface area contributed by atoms with Crippen LogP contribution in [0.1, 0.15) is 13.3 Å². The summed E-state index contributed by atoms with van der Waals surface area (Å²) in [6.07, 6.45) is 2.97. The first-order valence-electron chi connectivity index (χ1n) is 6.12. The third-order valence-corrected chi connectivity index (χ3v) is 4.11. The van der Waals surface area contributed by atoms with Crippen LogP contribution in [0, 0.1) is 0 Å². The van der Waals surface area contributed by atoms with Gasteiger partial charge in [-0.05, 0) is 23.9 Å². The topological polar surface area (TPSA) is 67.8 Å². The molecule has 0 bridgehead atoms. The molecule has 10 heteroatoms. The lowest BCUT2D eigenvalue weighted by molar-refractivity contribution is -0.116. The maximum absolute atomic E-state index is 12.2. The first kappa shape index (κ1) is 16.7. The van der Waals surface area contributed by atoms with Crippen LogP contribution in [0.3, 0.4) is 0 Å². The predicted molar refractivity (Wildman–Crippen MR) is 79.5 cm³/mol. The average molecular weight is 348 g/mol. The largest absolute Gasteiger partial charge is 0.442 e. The molecule has 0 aliphatic carbocycles. The van der Waals surface area contributed by atoms with E-state index in [1.165, 1.54) is 6.92 Å². The Morgan fingerprint density at radius 3 is 2.86 bits per heavy atom. The number of aromatic nitrogens is 3. The van der Waals surface area contributed by atoms with Gasteiger partial charge >= 0.3 is 5.51 Å². The second-order valence-electron chi connectivity index (χ2n) is 4.28. The summed E-state index contributed by atoms with van der Waals surface area (Å²) in [6, 6.07) is 3.53. The molecule has 1 atom stereocenters. The standard InChI is InChI=1S/C12H11F3N4OS2/c1-7(22-12(13,14)15)5-9(20)17-11-19-18-10(21-11)8-3-2-4-16-6-8/h2-4,6-7H,5H2,1H3,(H,17,19,20). The second-order valence-corrected chi connectivity index (χ2v) is 6.76. The summed E-state index contributed by atoms with van der Waals surface area (Å²) in [7, 11) is 0. The number of nitrogens with zero attached hydrogens (tertiary/aromatic N) is 3. The Morgan fingerprint density at radius 2 is 2.23 bits per heavy atom. The summed E-state index contributed by atoms with van der Waals surface area (Å²) in [6.45, 7) is 1.35. The van der Waals surface area contributed by atoms with Crippen molar-refractivity contribution >= 4 is 34.1 Å². The molecule has 0 saturated heterocycles. The van der Waals surface area contributed by atoms with Gasteiger partial charge in [0.25, 0.3) is 0 Å². The van der Waals surface area contributed by atoms with Crippen molar-refractivity contribution < 1.29 is 18.0 Å². The van der Waals surface area contributed by atoms with E-state index in [0.717, 1.165) is 16.9 Å². The van der Waals surface area contributed by atoms with Crippen LogP contribution in [0.4, 0.5) is 18.3 Å². The summed E-state index contributed by atoms with van der Waals surface area (Å²) in [5.41, 5.74) is -3.60. The number of alkyl halides is 3. The Balaban J connectivity index is 1.92. The normalized spacial score (nSPS) is 12.9. The fraction of sp³-hybridized carbons (Fsp3) is 0.333. The van der Waals surface area contributed by atoms with E-state index in [2.05, 4.69) is 20.5 Å². The number of rotatable bonds is 5. The zero-order valence-electron chi connectivity index (χ0n) is 11.3. The first-order chi connectivity index (χ1) is 10.3. The molecule has 0 radical (unpaired) electrons. The summed E-state index contributed by atoms with van der Waals surface area (Å²) in [5.74, 6) is -0.530. The van der Waals surface area contributed by atoms with E-state index in [0.29, 0.717) is 5.01 Å². The van der Waals surface area contributed by atoms with Crippen LogP contribution in [0.25, 0.3) is 10.6 Å². The summed E-state index contributed by atoms with van der Waals surface area (Å²) in [4.78, 5) is 15.6. The summed E-state index contributed by atoms with van der Waals surface area (Å²) < 4.78 is 36.5. The molecular weight excluding hydrogens is 337 g/mol. The van der Waals surface area contributed by atoms with Crippen LogP contribution in [0.15, 0.2) is 24.5 Å². The number of thioether (sulfide) groups is 1. The maximum atomic E-state index is 12.2. The molecule has 0 spiro atoms. The van der Waals surface area contributed by atoms with Crippen LogP contribution < -0.4 is 5.32 Å². The van der Waals surface area contributed by atoms with Crippen LogP contribution in [0.5, 0.6) is 0 Å². The molecule has 1 amide bonds. The first-order valence-corrected chi connectivity index (χ1v) is 7.81. The van der Waals surface area contributed by atoms with Crippen LogP contribution in [0.2, 0.25) is 0 Å². The fourth-order valence-corrected chi connectivity index (χ4v) is 3.02. The third kappa shape index (κ3) is 5.26. The van der Waals surface area contributed by atoms with Crippen LogP contribution in [-0.2, 0) is 4.79 Å². The highest BCUT2D eigenvalue weighted by atomic mass is 32.2. The van der Waals surface area contributed by atoms with Gasteiger partial charge in [0.2, 0.25) is 11.0 Å². The highest BCUT2D eigenvalue weighted by Gasteiger charge is 2.32. The zero-order chi connectivity index (χ0) is 16.2. The van der Waals surface area contributed by atoms with Gasteiger partial charge in [-0.3, -0.25) is 9.78 Å².